The van der Waals surface area contributed by atoms with Gasteiger partial charge in [-0.2, -0.15) is 0 Å². The maximum absolute atomic E-state index is 11.4. The Hall–Kier alpha value is -1.20. The number of amides is 2. The summed E-state index contributed by atoms with van der Waals surface area (Å²) in [5.74, 6) is -0.171. The van der Waals surface area contributed by atoms with Gasteiger partial charge in [0.1, 0.15) is 0 Å². The molecule has 0 aliphatic heterocycles. The van der Waals surface area contributed by atoms with E-state index in [1.54, 1.807) is 12.1 Å². The molecule has 0 aromatic heterocycles. The van der Waals surface area contributed by atoms with Crippen molar-refractivity contribution in [1.29, 1.82) is 0 Å². The molecule has 0 saturated carbocycles. The molecule has 0 radical (unpaired) electrons. The summed E-state index contributed by atoms with van der Waals surface area (Å²) in [5, 5.41) is 0.663. The van der Waals surface area contributed by atoms with Gasteiger partial charge in [-0.15, -0.1) is 11.8 Å². The minimum Gasteiger partial charge on any atom is -0.273 e. The van der Waals surface area contributed by atoms with E-state index in [0.717, 1.165) is 11.3 Å². The molecule has 1 aromatic carbocycles. The Kier molecular flexibility index (Phi) is 6.60. The summed E-state index contributed by atoms with van der Waals surface area (Å²) >= 11 is 7.13. The molecule has 98 valence electrons. The minimum atomic E-state index is -0.237. The standard InChI is InChI=1S/C12H15ClN2O2S/c1-2-3-11(16)14-15-12(17)8-18-10-6-4-9(13)5-7-10/h4-7H,2-3,8H2,1H3,(H,14,16)(H,15,17). The van der Waals surface area contributed by atoms with Gasteiger partial charge in [-0.1, -0.05) is 18.5 Å². The maximum atomic E-state index is 11.4. The van der Waals surface area contributed by atoms with Crippen LogP contribution in [0.3, 0.4) is 0 Å². The zero-order valence-electron chi connectivity index (χ0n) is 10.0. The average Bonchev–Trinajstić information content (AvgIpc) is 2.36. The summed E-state index contributed by atoms with van der Waals surface area (Å²) in [6.45, 7) is 1.90. The number of halogens is 1. The molecule has 0 aliphatic carbocycles. The second-order valence-electron chi connectivity index (χ2n) is 3.59. The number of carbonyl (C=O) groups is 2. The molecule has 0 saturated heterocycles. The van der Waals surface area contributed by atoms with E-state index >= 15 is 0 Å². The van der Waals surface area contributed by atoms with Gasteiger partial charge in [0, 0.05) is 16.3 Å². The van der Waals surface area contributed by atoms with E-state index in [2.05, 4.69) is 10.9 Å². The van der Waals surface area contributed by atoms with Gasteiger partial charge in [0.05, 0.1) is 5.75 Å². The summed E-state index contributed by atoms with van der Waals surface area (Å²) < 4.78 is 0. The molecular weight excluding hydrogens is 272 g/mol. The molecular formula is C12H15ClN2O2S. The van der Waals surface area contributed by atoms with Gasteiger partial charge < -0.3 is 0 Å². The molecule has 6 heteroatoms. The van der Waals surface area contributed by atoms with Crippen LogP contribution in [0.2, 0.25) is 5.02 Å². The molecule has 4 nitrogen and oxygen atoms in total. The third-order valence-electron chi connectivity index (χ3n) is 2.00. The lowest BCUT2D eigenvalue weighted by atomic mass is 10.3. The Morgan fingerprint density at radius 1 is 1.17 bits per heavy atom. The summed E-state index contributed by atoms with van der Waals surface area (Å²) in [7, 11) is 0. The quantitative estimate of drug-likeness (QED) is 0.645. The fourth-order valence-corrected chi connectivity index (χ4v) is 1.97. The van der Waals surface area contributed by atoms with Crippen LogP contribution in [0.5, 0.6) is 0 Å². The molecule has 0 bridgehead atoms. The molecule has 2 amide bonds. The van der Waals surface area contributed by atoms with Gasteiger partial charge in [0.15, 0.2) is 0 Å². The predicted octanol–water partition coefficient (Wildman–Crippen LogP) is 2.38. The highest BCUT2D eigenvalue weighted by molar-refractivity contribution is 8.00. The Morgan fingerprint density at radius 2 is 1.78 bits per heavy atom. The van der Waals surface area contributed by atoms with Gasteiger partial charge in [-0.25, -0.2) is 0 Å². The second kappa shape index (κ2) is 8.00. The highest BCUT2D eigenvalue weighted by atomic mass is 35.5. The Morgan fingerprint density at radius 3 is 2.39 bits per heavy atom. The van der Waals surface area contributed by atoms with E-state index in [1.165, 1.54) is 11.8 Å². The smallest absolute Gasteiger partial charge is 0.248 e. The van der Waals surface area contributed by atoms with Gasteiger partial charge in [-0.3, -0.25) is 20.4 Å². The first-order valence-corrected chi connectivity index (χ1v) is 6.94. The van der Waals surface area contributed by atoms with Crippen LogP contribution in [-0.4, -0.2) is 17.6 Å². The Bertz CT molecular complexity index is 409. The summed E-state index contributed by atoms with van der Waals surface area (Å²) in [5.41, 5.74) is 4.72. The molecule has 0 atom stereocenters. The normalized spacial score (nSPS) is 9.89. The van der Waals surface area contributed by atoms with Gasteiger partial charge >= 0.3 is 0 Å². The molecule has 0 heterocycles. The van der Waals surface area contributed by atoms with Crippen LogP contribution in [-0.2, 0) is 9.59 Å². The number of benzene rings is 1. The average molecular weight is 287 g/mol. The number of thioether (sulfide) groups is 1. The third-order valence-corrected chi connectivity index (χ3v) is 3.27. The van der Waals surface area contributed by atoms with Crippen molar-refractivity contribution in [2.75, 3.05) is 5.75 Å². The Balaban J connectivity index is 2.24. The molecule has 1 rings (SSSR count). The lowest BCUT2D eigenvalue weighted by Crippen LogP contribution is -2.42. The topological polar surface area (TPSA) is 58.2 Å². The van der Waals surface area contributed by atoms with Crippen LogP contribution in [0.1, 0.15) is 19.8 Å². The summed E-state index contributed by atoms with van der Waals surface area (Å²) in [6, 6.07) is 7.22. The van der Waals surface area contributed by atoms with Crippen LogP contribution in [0.4, 0.5) is 0 Å². The van der Waals surface area contributed by atoms with Crippen LogP contribution in [0.25, 0.3) is 0 Å². The van der Waals surface area contributed by atoms with Gasteiger partial charge in [0.25, 0.3) is 0 Å². The van der Waals surface area contributed by atoms with Crippen molar-refractivity contribution in [2.45, 2.75) is 24.7 Å². The van der Waals surface area contributed by atoms with Crippen LogP contribution >= 0.6 is 23.4 Å². The van der Waals surface area contributed by atoms with Crippen molar-refractivity contribution >= 4 is 35.2 Å². The van der Waals surface area contributed by atoms with Crippen LogP contribution in [0, 0.1) is 0 Å². The van der Waals surface area contributed by atoms with Crippen LogP contribution < -0.4 is 10.9 Å². The van der Waals surface area contributed by atoms with Crippen molar-refractivity contribution in [3.05, 3.63) is 29.3 Å². The first kappa shape index (κ1) is 14.9. The maximum Gasteiger partial charge on any atom is 0.248 e. The largest absolute Gasteiger partial charge is 0.273 e. The van der Waals surface area contributed by atoms with E-state index in [4.69, 9.17) is 11.6 Å². The number of hydrogen-bond acceptors (Lipinski definition) is 3. The van der Waals surface area contributed by atoms with Crippen molar-refractivity contribution in [3.8, 4) is 0 Å². The number of rotatable bonds is 5. The number of hydrazine groups is 1. The number of hydrogen-bond donors (Lipinski definition) is 2. The lowest BCUT2D eigenvalue weighted by Gasteiger charge is -2.06. The second-order valence-corrected chi connectivity index (χ2v) is 5.07. The Labute approximate surface area is 115 Å². The van der Waals surface area contributed by atoms with E-state index in [-0.39, 0.29) is 17.6 Å². The first-order valence-electron chi connectivity index (χ1n) is 5.58. The number of nitrogens with one attached hydrogen (secondary N) is 2. The third kappa shape index (κ3) is 5.93. The predicted molar refractivity (Wildman–Crippen MR) is 73.4 cm³/mol. The van der Waals surface area contributed by atoms with Crippen molar-refractivity contribution < 1.29 is 9.59 Å². The first-order chi connectivity index (χ1) is 8.61. The van der Waals surface area contributed by atoms with E-state index in [0.29, 0.717) is 11.4 Å². The van der Waals surface area contributed by atoms with E-state index in [1.807, 2.05) is 19.1 Å². The molecule has 0 aliphatic rings. The monoisotopic (exact) mass is 286 g/mol. The van der Waals surface area contributed by atoms with Crippen molar-refractivity contribution in [3.63, 3.8) is 0 Å². The zero-order valence-corrected chi connectivity index (χ0v) is 11.6. The molecule has 0 spiro atoms. The molecule has 2 N–H and O–H groups in total. The van der Waals surface area contributed by atoms with Crippen LogP contribution in [0.15, 0.2) is 29.2 Å². The minimum absolute atomic E-state index is 0.178. The molecule has 0 fully saturated rings. The fourth-order valence-electron chi connectivity index (χ4n) is 1.14. The van der Waals surface area contributed by atoms with E-state index in [9.17, 15) is 9.59 Å². The zero-order chi connectivity index (χ0) is 13.4. The SMILES string of the molecule is CCCC(=O)NNC(=O)CSc1ccc(Cl)cc1. The van der Waals surface area contributed by atoms with E-state index < -0.39 is 0 Å². The molecule has 1 aromatic rings. The molecule has 0 unspecified atom stereocenters. The highest BCUT2D eigenvalue weighted by Crippen LogP contribution is 2.19. The summed E-state index contributed by atoms with van der Waals surface area (Å²) in [6.07, 6.45) is 1.16. The lowest BCUT2D eigenvalue weighted by molar-refractivity contribution is -0.127. The number of carbonyl (C=O) groups excluding carboxylic acids is 2. The molecule has 18 heavy (non-hydrogen) atoms. The van der Waals surface area contributed by atoms with Crippen molar-refractivity contribution in [2.24, 2.45) is 0 Å². The van der Waals surface area contributed by atoms with Gasteiger partial charge in [0.2, 0.25) is 11.8 Å². The summed E-state index contributed by atoms with van der Waals surface area (Å²) in [4.78, 5) is 23.5. The fraction of sp³-hybridized carbons (Fsp3) is 0.333. The van der Waals surface area contributed by atoms with Gasteiger partial charge in [-0.05, 0) is 30.7 Å². The van der Waals surface area contributed by atoms with Crippen molar-refractivity contribution in [1.82, 2.24) is 10.9 Å². The highest BCUT2D eigenvalue weighted by Gasteiger charge is 2.04.